The summed E-state index contributed by atoms with van der Waals surface area (Å²) in [7, 11) is 1.17. The number of hydrogen-bond donors (Lipinski definition) is 0. The van der Waals surface area contributed by atoms with Gasteiger partial charge in [0.05, 0.1) is 0 Å². The summed E-state index contributed by atoms with van der Waals surface area (Å²) in [4.78, 5) is 0. The summed E-state index contributed by atoms with van der Waals surface area (Å²) in [6.45, 7) is 0. The number of rotatable bonds is 0. The molecule has 0 aliphatic rings. The van der Waals surface area contributed by atoms with E-state index in [2.05, 4.69) is 0 Å². The van der Waals surface area contributed by atoms with Gasteiger partial charge in [0.15, 0.2) is 0 Å². The van der Waals surface area contributed by atoms with Crippen LogP contribution in [0.4, 0.5) is 0 Å². The summed E-state index contributed by atoms with van der Waals surface area (Å²) in [6, 6.07) is 0. The average molecular weight is 154 g/mol. The van der Waals surface area contributed by atoms with Crippen molar-refractivity contribution in [2.75, 3.05) is 0 Å². The van der Waals surface area contributed by atoms with E-state index in [1.54, 1.807) is 18.5 Å². The van der Waals surface area contributed by atoms with Crippen molar-refractivity contribution < 1.29 is 18.5 Å². The zero-order chi connectivity index (χ0) is 3.41. The van der Waals surface area contributed by atoms with Crippen molar-refractivity contribution in [1.82, 2.24) is 0 Å². The average Bonchev–Trinajstić information content (AvgIpc) is 1.37. The molecule has 0 rings (SSSR count). The quantitative estimate of drug-likeness (QED) is 0.378. The Bertz CT molecular complexity index is 37.8. The predicted molar refractivity (Wildman–Crippen MR) is 13.2 cm³/mol. The van der Waals surface area contributed by atoms with Gasteiger partial charge in [-0.15, -0.1) is 0 Å². The van der Waals surface area contributed by atoms with Gasteiger partial charge in [-0.05, 0) is 0 Å². The van der Waals surface area contributed by atoms with Crippen LogP contribution in [0.15, 0.2) is 0 Å². The van der Waals surface area contributed by atoms with Gasteiger partial charge in [0, 0.05) is 0 Å². The van der Waals surface area contributed by atoms with Crippen LogP contribution in [0, 0.1) is 10.7 Å². The molecular weight excluding hydrogens is 154 g/mol. The van der Waals surface area contributed by atoms with Crippen LogP contribution in [-0.2, 0) is 18.5 Å². The molecule has 0 aromatic carbocycles. The predicted octanol–water partition coefficient (Wildman–Crippen LogP) is 0.662. The number of thiocyanates is 1. The van der Waals surface area contributed by atoms with E-state index < -0.39 is 0 Å². The molecule has 0 atom stereocenters. The molecule has 0 saturated heterocycles. The maximum atomic E-state index is 7.59. The van der Waals surface area contributed by atoms with Gasteiger partial charge in [-0.25, -0.2) is 0 Å². The Hall–Kier alpha value is 0.528. The van der Waals surface area contributed by atoms with Crippen molar-refractivity contribution in [1.29, 1.82) is 5.26 Å². The zero-order valence-corrected chi connectivity index (χ0v) is 4.59. The number of nitrogens with zero attached hydrogens (tertiary/aromatic N) is 1. The second-order valence-electron chi connectivity index (χ2n) is 0.175. The molecule has 0 saturated carbocycles. The maximum absolute atomic E-state index is 7.59. The normalized spacial score (nSPS) is 4.75. The Balaban J connectivity index is 2.43. The molecule has 0 fully saturated rings. The van der Waals surface area contributed by atoms with Gasteiger partial charge >= 0.3 is 38.7 Å². The van der Waals surface area contributed by atoms with E-state index >= 15 is 0 Å². The Morgan fingerprint density at radius 1 is 2.00 bits per heavy atom. The van der Waals surface area contributed by atoms with E-state index in [-0.39, 0.29) is 0 Å². The van der Waals surface area contributed by atoms with Crippen LogP contribution in [0.3, 0.4) is 0 Å². The second-order valence-corrected chi connectivity index (χ2v) is 1.75. The Morgan fingerprint density at radius 3 is 2.25 bits per heavy atom. The molecule has 0 bridgehead atoms. The molecule has 21 valence electrons. The number of nitriles is 1. The summed E-state index contributed by atoms with van der Waals surface area (Å²) >= 11 is 1.68. The molecule has 0 amide bonds. The molecule has 0 spiro atoms. The van der Waals surface area contributed by atoms with E-state index in [0.717, 1.165) is 0 Å². The van der Waals surface area contributed by atoms with Gasteiger partial charge in [-0.2, -0.15) is 0 Å². The van der Waals surface area contributed by atoms with E-state index in [9.17, 15) is 0 Å². The Labute approximate surface area is 39.0 Å². The van der Waals surface area contributed by atoms with Crippen molar-refractivity contribution in [2.45, 2.75) is 0 Å². The van der Waals surface area contributed by atoms with E-state index in [1.165, 1.54) is 9.47 Å². The van der Waals surface area contributed by atoms with Crippen molar-refractivity contribution in [2.24, 2.45) is 0 Å². The fourth-order valence-electron chi connectivity index (χ4n) is 0. The second kappa shape index (κ2) is 3.53. The molecule has 0 aromatic rings. The van der Waals surface area contributed by atoms with Crippen molar-refractivity contribution >= 4 is 9.47 Å². The third-order valence-corrected chi connectivity index (χ3v) is 0.661. The van der Waals surface area contributed by atoms with Crippen LogP contribution in [0.25, 0.3) is 0 Å². The molecule has 1 nitrogen and oxygen atoms in total. The fourth-order valence-corrected chi connectivity index (χ4v) is 0. The molecule has 3 heteroatoms. The minimum absolute atomic E-state index is 1.17. The molecule has 0 aliphatic carbocycles. The molecular formula is CMoNS. The van der Waals surface area contributed by atoms with Crippen molar-refractivity contribution in [3.8, 4) is 5.40 Å². The van der Waals surface area contributed by atoms with Crippen LogP contribution < -0.4 is 0 Å². The number of hydrogen-bond acceptors (Lipinski definition) is 2. The summed E-state index contributed by atoms with van der Waals surface area (Å²) in [5, 5.41) is 9.44. The fraction of sp³-hybridized carbons (Fsp3) is 0. The molecule has 0 aliphatic heterocycles. The minimum atomic E-state index is 1.17. The van der Waals surface area contributed by atoms with E-state index in [0.29, 0.717) is 0 Å². The van der Waals surface area contributed by atoms with Crippen LogP contribution >= 0.6 is 9.47 Å². The summed E-state index contributed by atoms with van der Waals surface area (Å²) in [5.41, 5.74) is 0. The molecule has 0 N–H and O–H groups in total. The van der Waals surface area contributed by atoms with Gasteiger partial charge in [-0.3, -0.25) is 0 Å². The SMILES string of the molecule is N#C[S][Mo]. The molecule has 0 heterocycles. The van der Waals surface area contributed by atoms with Gasteiger partial charge < -0.3 is 0 Å². The topological polar surface area (TPSA) is 23.8 Å². The monoisotopic (exact) mass is 156 g/mol. The Kier molecular flexibility index (Phi) is 3.99. The van der Waals surface area contributed by atoms with Crippen molar-refractivity contribution in [3.05, 3.63) is 0 Å². The summed E-state index contributed by atoms with van der Waals surface area (Å²) in [6.07, 6.45) is 0. The van der Waals surface area contributed by atoms with Gasteiger partial charge in [0.1, 0.15) is 0 Å². The molecule has 0 unspecified atom stereocenters. The first-order valence-electron chi connectivity index (χ1n) is 0.594. The molecule has 4 heavy (non-hydrogen) atoms. The van der Waals surface area contributed by atoms with Crippen LogP contribution in [0.1, 0.15) is 0 Å². The zero-order valence-electron chi connectivity index (χ0n) is 1.76. The van der Waals surface area contributed by atoms with Gasteiger partial charge in [0.25, 0.3) is 0 Å². The van der Waals surface area contributed by atoms with Crippen molar-refractivity contribution in [3.63, 3.8) is 0 Å². The van der Waals surface area contributed by atoms with Gasteiger partial charge in [-0.1, -0.05) is 0 Å². The first-order valence-corrected chi connectivity index (χ1v) is 3.79. The van der Waals surface area contributed by atoms with E-state index in [4.69, 9.17) is 5.26 Å². The Morgan fingerprint density at radius 2 is 2.25 bits per heavy atom. The third-order valence-electron chi connectivity index (χ3n) is 0.0373. The van der Waals surface area contributed by atoms with Crippen LogP contribution in [-0.4, -0.2) is 0 Å². The first kappa shape index (κ1) is 4.53. The molecule has 0 radical (unpaired) electrons. The van der Waals surface area contributed by atoms with Gasteiger partial charge in [0.2, 0.25) is 0 Å². The first-order chi connectivity index (χ1) is 1.91. The standard InChI is InChI=1S/CHNS.Mo/c2-1-3;/h3H;/q;+1/p-1. The molecule has 0 aromatic heterocycles. The van der Waals surface area contributed by atoms with Crippen LogP contribution in [0.2, 0.25) is 0 Å². The summed E-state index contributed by atoms with van der Waals surface area (Å²) < 4.78 is 0. The third kappa shape index (κ3) is 2.53. The van der Waals surface area contributed by atoms with Crippen LogP contribution in [0.5, 0.6) is 0 Å². The van der Waals surface area contributed by atoms with E-state index in [1.807, 2.05) is 5.40 Å². The summed E-state index contributed by atoms with van der Waals surface area (Å²) in [5.74, 6) is 0.